The van der Waals surface area contributed by atoms with E-state index in [-0.39, 0.29) is 16.9 Å². The predicted octanol–water partition coefficient (Wildman–Crippen LogP) is 2.56. The van der Waals surface area contributed by atoms with Crippen LogP contribution in [0.4, 0.5) is 0 Å². The van der Waals surface area contributed by atoms with Gasteiger partial charge < -0.3 is 5.32 Å². The summed E-state index contributed by atoms with van der Waals surface area (Å²) in [6.45, 7) is 0.815. The van der Waals surface area contributed by atoms with Gasteiger partial charge in [-0.3, -0.25) is 9.79 Å². The molecule has 1 aromatic heterocycles. The van der Waals surface area contributed by atoms with E-state index < -0.39 is 0 Å². The molecule has 4 aliphatic carbocycles. The molecule has 0 aromatic carbocycles. The quantitative estimate of drug-likeness (QED) is 0.814. The molecule has 0 saturated heterocycles. The predicted molar refractivity (Wildman–Crippen MR) is 95.7 cm³/mol. The first-order valence-corrected chi connectivity index (χ1v) is 10.4. The van der Waals surface area contributed by atoms with Gasteiger partial charge in [-0.05, 0) is 66.3 Å². The zero-order chi connectivity index (χ0) is 16.4. The van der Waals surface area contributed by atoms with Crippen molar-refractivity contribution in [1.29, 1.82) is 0 Å². The molecule has 2 unspecified atom stereocenters. The third-order valence-electron chi connectivity index (χ3n) is 6.27. The van der Waals surface area contributed by atoms with Gasteiger partial charge in [-0.2, -0.15) is 0 Å². The average Bonchev–Trinajstić information content (AvgIpc) is 3.17. The summed E-state index contributed by atoms with van der Waals surface area (Å²) in [4.78, 5) is 21.8. The molecule has 4 fully saturated rings. The fourth-order valence-electron chi connectivity index (χ4n) is 5.86. The van der Waals surface area contributed by atoms with Crippen molar-refractivity contribution in [3.63, 3.8) is 0 Å². The highest BCUT2D eigenvalue weighted by Crippen LogP contribution is 2.64. The van der Waals surface area contributed by atoms with Gasteiger partial charge >= 0.3 is 0 Å². The number of nitrogens with zero attached hydrogens (tertiary/aromatic N) is 4. The van der Waals surface area contributed by atoms with E-state index in [1.165, 1.54) is 6.42 Å². The number of aliphatic imine (C=N–C) groups is 1. The van der Waals surface area contributed by atoms with Crippen molar-refractivity contribution >= 4 is 38.8 Å². The summed E-state index contributed by atoms with van der Waals surface area (Å²) in [5, 5.41) is 8.50. The SMILES string of the molecule is O=C(NC1=NCCS1)C12CC3CC(C1)CC(n1cnc(Br)n1)(C3)C2. The number of hydrogen-bond acceptors (Lipinski definition) is 5. The minimum Gasteiger partial charge on any atom is -0.305 e. The van der Waals surface area contributed by atoms with Gasteiger partial charge in [0.1, 0.15) is 6.33 Å². The minimum absolute atomic E-state index is 0.0366. The summed E-state index contributed by atoms with van der Waals surface area (Å²) in [5.74, 6) is 2.41. The lowest BCUT2D eigenvalue weighted by atomic mass is 9.46. The first-order chi connectivity index (χ1) is 11.6. The van der Waals surface area contributed by atoms with Gasteiger partial charge in [-0.15, -0.1) is 5.10 Å². The van der Waals surface area contributed by atoms with Gasteiger partial charge in [-0.25, -0.2) is 9.67 Å². The number of carbonyl (C=O) groups excluding carboxylic acids is 1. The van der Waals surface area contributed by atoms with Crippen LogP contribution >= 0.6 is 27.7 Å². The van der Waals surface area contributed by atoms with E-state index in [0.29, 0.717) is 16.6 Å². The number of amidine groups is 1. The number of hydrogen-bond donors (Lipinski definition) is 1. The van der Waals surface area contributed by atoms with Crippen LogP contribution in [0.15, 0.2) is 16.1 Å². The Balaban J connectivity index is 1.48. The van der Waals surface area contributed by atoms with Crippen LogP contribution in [0, 0.1) is 17.3 Å². The average molecular weight is 410 g/mol. The second kappa shape index (κ2) is 5.30. The molecule has 6 nitrogen and oxygen atoms in total. The normalized spacial score (nSPS) is 40.0. The number of nitrogens with one attached hydrogen (secondary N) is 1. The lowest BCUT2D eigenvalue weighted by Gasteiger charge is -2.60. The summed E-state index contributed by atoms with van der Waals surface area (Å²) >= 11 is 5.03. The van der Waals surface area contributed by atoms with Gasteiger partial charge in [0, 0.05) is 5.75 Å². The summed E-state index contributed by atoms with van der Waals surface area (Å²) in [6, 6.07) is 0. The van der Waals surface area contributed by atoms with Crippen molar-refractivity contribution in [2.75, 3.05) is 12.3 Å². The molecule has 1 N–H and O–H groups in total. The second-order valence-electron chi connectivity index (χ2n) is 7.91. The third-order valence-corrected chi connectivity index (χ3v) is 7.52. The van der Waals surface area contributed by atoms with E-state index >= 15 is 0 Å². The smallest absolute Gasteiger partial charge is 0.232 e. The Labute approximate surface area is 153 Å². The molecule has 1 aliphatic heterocycles. The first-order valence-electron chi connectivity index (χ1n) is 8.63. The highest BCUT2D eigenvalue weighted by molar-refractivity contribution is 9.10. The van der Waals surface area contributed by atoms with Crippen LogP contribution < -0.4 is 5.32 Å². The van der Waals surface area contributed by atoms with Crippen molar-refractivity contribution in [2.45, 2.75) is 44.1 Å². The van der Waals surface area contributed by atoms with Crippen LogP contribution in [0.5, 0.6) is 0 Å². The van der Waals surface area contributed by atoms with Crippen LogP contribution in [0.1, 0.15) is 38.5 Å². The maximum Gasteiger partial charge on any atom is 0.232 e. The van der Waals surface area contributed by atoms with Gasteiger partial charge in [0.25, 0.3) is 0 Å². The Hall–Kier alpha value is -0.890. The van der Waals surface area contributed by atoms with Crippen molar-refractivity contribution in [3.8, 4) is 0 Å². The largest absolute Gasteiger partial charge is 0.305 e. The second-order valence-corrected chi connectivity index (χ2v) is 9.71. The first kappa shape index (κ1) is 15.4. The lowest BCUT2D eigenvalue weighted by molar-refractivity contribution is -0.154. The van der Waals surface area contributed by atoms with Crippen molar-refractivity contribution in [1.82, 2.24) is 20.1 Å². The number of aromatic nitrogens is 3. The van der Waals surface area contributed by atoms with Gasteiger partial charge in [0.2, 0.25) is 10.6 Å². The molecule has 24 heavy (non-hydrogen) atoms. The molecule has 0 spiro atoms. The maximum atomic E-state index is 13.2. The Morgan fingerprint density at radius 3 is 2.75 bits per heavy atom. The Kier molecular flexibility index (Phi) is 3.40. The molecule has 1 amide bonds. The monoisotopic (exact) mass is 409 g/mol. The third kappa shape index (κ3) is 2.29. The molecule has 128 valence electrons. The standard InChI is InChI=1S/C16H20BrN5OS/c17-13-19-9-22(21-13)16-6-10-3-11(7-16)5-15(4-10,8-16)12(23)20-14-18-1-2-24-14/h9-11H,1-8H2,(H,18,20,23). The van der Waals surface area contributed by atoms with E-state index in [0.717, 1.165) is 49.6 Å². The van der Waals surface area contributed by atoms with E-state index in [2.05, 4.69) is 36.3 Å². The van der Waals surface area contributed by atoms with E-state index in [1.54, 1.807) is 11.8 Å². The van der Waals surface area contributed by atoms with Crippen LogP contribution in [0.25, 0.3) is 0 Å². The molecule has 2 atom stereocenters. The van der Waals surface area contributed by atoms with Gasteiger partial charge in [0.05, 0.1) is 17.5 Å². The van der Waals surface area contributed by atoms with E-state index in [1.807, 2.05) is 11.0 Å². The maximum absolute atomic E-state index is 13.2. The van der Waals surface area contributed by atoms with Gasteiger partial charge in [-0.1, -0.05) is 11.8 Å². The molecule has 4 bridgehead atoms. The number of rotatable bonds is 2. The van der Waals surface area contributed by atoms with Crippen LogP contribution in [-0.4, -0.2) is 38.1 Å². The number of halogens is 1. The minimum atomic E-state index is -0.256. The summed E-state index contributed by atoms with van der Waals surface area (Å²) < 4.78 is 2.67. The fourth-order valence-corrected chi connectivity index (χ4v) is 6.85. The van der Waals surface area contributed by atoms with E-state index in [4.69, 9.17) is 0 Å². The Morgan fingerprint density at radius 1 is 1.33 bits per heavy atom. The summed E-state index contributed by atoms with van der Waals surface area (Å²) in [6.07, 6.45) is 8.28. The van der Waals surface area contributed by atoms with Crippen molar-refractivity contribution < 1.29 is 4.79 Å². The molecular weight excluding hydrogens is 390 g/mol. The topological polar surface area (TPSA) is 72.2 Å². The molecule has 4 saturated carbocycles. The molecule has 1 aromatic rings. The van der Waals surface area contributed by atoms with Crippen molar-refractivity contribution in [2.24, 2.45) is 22.2 Å². The lowest BCUT2D eigenvalue weighted by Crippen LogP contribution is -2.61. The van der Waals surface area contributed by atoms with Crippen LogP contribution in [-0.2, 0) is 10.3 Å². The Bertz CT molecular complexity index is 718. The van der Waals surface area contributed by atoms with Crippen LogP contribution in [0.2, 0.25) is 0 Å². The zero-order valence-electron chi connectivity index (χ0n) is 13.4. The Morgan fingerprint density at radius 2 is 2.12 bits per heavy atom. The summed E-state index contributed by atoms with van der Waals surface area (Å²) in [7, 11) is 0. The summed E-state index contributed by atoms with van der Waals surface area (Å²) in [5.41, 5.74) is -0.292. The highest BCUT2D eigenvalue weighted by atomic mass is 79.9. The molecule has 6 rings (SSSR count). The number of amides is 1. The molecule has 8 heteroatoms. The molecule has 5 aliphatic rings. The fraction of sp³-hybridized carbons (Fsp3) is 0.750. The molecule has 2 heterocycles. The molecule has 0 radical (unpaired) electrons. The highest BCUT2D eigenvalue weighted by Gasteiger charge is 2.61. The molecular formula is C16H20BrN5OS. The van der Waals surface area contributed by atoms with Crippen LogP contribution in [0.3, 0.4) is 0 Å². The van der Waals surface area contributed by atoms with Crippen molar-refractivity contribution in [3.05, 3.63) is 11.1 Å². The number of thioether (sulfide) groups is 1. The van der Waals surface area contributed by atoms with Gasteiger partial charge in [0.15, 0.2) is 5.17 Å². The zero-order valence-corrected chi connectivity index (χ0v) is 15.8. The van der Waals surface area contributed by atoms with E-state index in [9.17, 15) is 4.79 Å². The number of carbonyl (C=O) groups is 1.